The van der Waals surface area contributed by atoms with Crippen LogP contribution in [0.1, 0.15) is 64.7 Å². The first kappa shape index (κ1) is 17.1. The predicted molar refractivity (Wildman–Crippen MR) is 103 cm³/mol. The number of alkyl halides is 1. The fourth-order valence-corrected chi connectivity index (χ4v) is 4.40. The monoisotopic (exact) mass is 376 g/mol. The fraction of sp³-hybridized carbons (Fsp3) is 0.318. The van der Waals surface area contributed by atoms with Gasteiger partial charge in [0.05, 0.1) is 12.1 Å². The van der Waals surface area contributed by atoms with E-state index in [1.165, 1.54) is 5.56 Å². The van der Waals surface area contributed by atoms with E-state index in [-0.39, 0.29) is 29.6 Å². The molecule has 28 heavy (non-hydrogen) atoms. The molecule has 1 unspecified atom stereocenters. The summed E-state index contributed by atoms with van der Waals surface area (Å²) < 4.78 is 16.2. The molecule has 3 aromatic rings. The summed E-state index contributed by atoms with van der Waals surface area (Å²) in [4.78, 5) is 19.2. The molecule has 0 fully saturated rings. The minimum absolute atomic E-state index is 0.0538. The highest BCUT2D eigenvalue weighted by atomic mass is 19.1. The van der Waals surface area contributed by atoms with Gasteiger partial charge in [-0.25, -0.2) is 14.1 Å². The lowest BCUT2D eigenvalue weighted by molar-refractivity contribution is 0.0664. The average Bonchev–Trinajstić information content (AvgIpc) is 3.29. The Labute approximate surface area is 162 Å². The fourth-order valence-electron chi connectivity index (χ4n) is 4.40. The van der Waals surface area contributed by atoms with Crippen molar-refractivity contribution in [3.05, 3.63) is 82.9 Å². The van der Waals surface area contributed by atoms with Crippen molar-refractivity contribution >= 4 is 5.91 Å². The molecule has 0 aliphatic carbocycles. The highest BCUT2D eigenvalue weighted by molar-refractivity contribution is 5.91. The molecule has 3 heterocycles. The molecule has 0 spiro atoms. The van der Waals surface area contributed by atoms with E-state index in [1.54, 1.807) is 9.58 Å². The highest BCUT2D eigenvalue weighted by Gasteiger charge is 2.38. The van der Waals surface area contributed by atoms with Crippen LogP contribution in [0.2, 0.25) is 0 Å². The number of amides is 1. The first-order valence-electron chi connectivity index (χ1n) is 9.67. The van der Waals surface area contributed by atoms with E-state index in [4.69, 9.17) is 0 Å². The zero-order chi connectivity index (χ0) is 19.3. The molecule has 0 saturated carbocycles. The summed E-state index contributed by atoms with van der Waals surface area (Å²) in [7, 11) is 0. The van der Waals surface area contributed by atoms with Crippen molar-refractivity contribution in [3.8, 4) is 0 Å². The zero-order valence-corrected chi connectivity index (χ0v) is 15.6. The van der Waals surface area contributed by atoms with Crippen LogP contribution in [0.5, 0.6) is 0 Å². The van der Waals surface area contributed by atoms with Gasteiger partial charge < -0.3 is 4.90 Å². The summed E-state index contributed by atoms with van der Waals surface area (Å²) in [6, 6.07) is 17.6. The molecule has 6 heteroatoms. The van der Waals surface area contributed by atoms with E-state index in [0.717, 1.165) is 17.5 Å². The van der Waals surface area contributed by atoms with Gasteiger partial charge in [-0.3, -0.25) is 4.79 Å². The van der Waals surface area contributed by atoms with Gasteiger partial charge in [-0.05, 0) is 30.0 Å². The molecular formula is C22H21FN4O. The molecule has 2 aliphatic heterocycles. The topological polar surface area (TPSA) is 51.0 Å². The Morgan fingerprint density at radius 1 is 1.11 bits per heavy atom. The summed E-state index contributed by atoms with van der Waals surface area (Å²) in [5.74, 6) is 0.106. The largest absolute Gasteiger partial charge is 0.329 e. The van der Waals surface area contributed by atoms with Crippen molar-refractivity contribution in [1.82, 2.24) is 19.7 Å². The van der Waals surface area contributed by atoms with Crippen molar-refractivity contribution in [3.63, 3.8) is 0 Å². The SMILES string of the molecule is CC1c2ccccc2CCN1C(=O)c1nc2n(n1)[C@H](c1ccccc1)C[C@@H]2F. The summed E-state index contributed by atoms with van der Waals surface area (Å²) in [6.45, 7) is 2.63. The van der Waals surface area contributed by atoms with Crippen molar-refractivity contribution in [2.75, 3.05) is 6.54 Å². The maximum Gasteiger partial charge on any atom is 0.294 e. The Kier molecular flexibility index (Phi) is 4.00. The first-order valence-corrected chi connectivity index (χ1v) is 9.67. The molecule has 3 atom stereocenters. The smallest absolute Gasteiger partial charge is 0.294 e. The van der Waals surface area contributed by atoms with Crippen LogP contribution in [0.15, 0.2) is 54.6 Å². The summed E-state index contributed by atoms with van der Waals surface area (Å²) in [6.07, 6.45) is -0.0989. The van der Waals surface area contributed by atoms with Crippen LogP contribution in [-0.2, 0) is 6.42 Å². The molecule has 0 bridgehead atoms. The average molecular weight is 376 g/mol. The van der Waals surface area contributed by atoms with Crippen molar-refractivity contribution in [1.29, 1.82) is 0 Å². The van der Waals surface area contributed by atoms with Crippen LogP contribution >= 0.6 is 0 Å². The second-order valence-corrected chi connectivity index (χ2v) is 7.49. The van der Waals surface area contributed by atoms with Crippen LogP contribution in [0.3, 0.4) is 0 Å². The highest BCUT2D eigenvalue weighted by Crippen LogP contribution is 2.39. The van der Waals surface area contributed by atoms with Crippen molar-refractivity contribution < 1.29 is 9.18 Å². The van der Waals surface area contributed by atoms with Gasteiger partial charge in [0.1, 0.15) is 0 Å². The Balaban J connectivity index is 1.46. The molecule has 5 rings (SSSR count). The molecule has 142 valence electrons. The third-order valence-electron chi connectivity index (χ3n) is 5.89. The molecule has 2 aromatic carbocycles. The zero-order valence-electron chi connectivity index (χ0n) is 15.6. The number of rotatable bonds is 2. The third kappa shape index (κ3) is 2.63. The van der Waals surface area contributed by atoms with Crippen LogP contribution in [-0.4, -0.2) is 32.1 Å². The van der Waals surface area contributed by atoms with Gasteiger partial charge in [0.25, 0.3) is 5.91 Å². The molecule has 0 saturated heterocycles. The molecule has 0 radical (unpaired) electrons. The number of aromatic nitrogens is 3. The molecule has 1 aromatic heterocycles. The van der Waals surface area contributed by atoms with Crippen LogP contribution < -0.4 is 0 Å². The Hall–Kier alpha value is -3.02. The standard InChI is InChI=1S/C22H21FN4O/c1-14-17-10-6-5-7-15(17)11-12-26(14)22(28)20-24-21-18(23)13-19(27(21)25-20)16-8-3-2-4-9-16/h2-10,14,18-19H,11-13H2,1H3/t14?,18-,19-/m0/s1. The van der Waals surface area contributed by atoms with Crippen molar-refractivity contribution in [2.45, 2.75) is 38.0 Å². The molecular weight excluding hydrogens is 355 g/mol. The lowest BCUT2D eigenvalue weighted by Gasteiger charge is -2.34. The first-order chi connectivity index (χ1) is 13.6. The lowest BCUT2D eigenvalue weighted by Crippen LogP contribution is -2.39. The summed E-state index contributed by atoms with van der Waals surface area (Å²) in [5, 5.41) is 4.44. The van der Waals surface area contributed by atoms with Gasteiger partial charge in [0.2, 0.25) is 5.82 Å². The van der Waals surface area contributed by atoms with E-state index in [9.17, 15) is 9.18 Å². The van der Waals surface area contributed by atoms with Gasteiger partial charge in [0, 0.05) is 13.0 Å². The second-order valence-electron chi connectivity index (χ2n) is 7.49. The molecule has 1 amide bonds. The number of halogens is 1. The Morgan fingerprint density at radius 3 is 2.68 bits per heavy atom. The molecule has 0 N–H and O–H groups in total. The number of fused-ring (bicyclic) bond motifs is 2. The number of hydrogen-bond acceptors (Lipinski definition) is 3. The number of carbonyl (C=O) groups excluding carboxylic acids is 1. The van der Waals surface area contributed by atoms with E-state index < -0.39 is 6.17 Å². The summed E-state index contributed by atoms with van der Waals surface area (Å²) in [5.41, 5.74) is 3.40. The van der Waals surface area contributed by atoms with Gasteiger partial charge >= 0.3 is 0 Å². The van der Waals surface area contributed by atoms with Gasteiger partial charge in [-0.1, -0.05) is 54.6 Å². The maximum absolute atomic E-state index is 14.6. The Bertz CT molecular complexity index is 1030. The van der Waals surface area contributed by atoms with Gasteiger partial charge in [0.15, 0.2) is 12.0 Å². The molecule has 5 nitrogen and oxygen atoms in total. The van der Waals surface area contributed by atoms with Crippen LogP contribution in [0, 0.1) is 0 Å². The van der Waals surface area contributed by atoms with Crippen LogP contribution in [0.4, 0.5) is 4.39 Å². The third-order valence-corrected chi connectivity index (χ3v) is 5.89. The van der Waals surface area contributed by atoms with Crippen molar-refractivity contribution in [2.24, 2.45) is 0 Å². The predicted octanol–water partition coefficient (Wildman–Crippen LogP) is 4.04. The quantitative estimate of drug-likeness (QED) is 0.678. The molecule has 2 aliphatic rings. The van der Waals surface area contributed by atoms with E-state index in [1.807, 2.05) is 49.4 Å². The number of hydrogen-bond donors (Lipinski definition) is 0. The van der Waals surface area contributed by atoms with E-state index in [2.05, 4.69) is 22.2 Å². The van der Waals surface area contributed by atoms with E-state index in [0.29, 0.717) is 13.0 Å². The number of nitrogens with zero attached hydrogens (tertiary/aromatic N) is 4. The summed E-state index contributed by atoms with van der Waals surface area (Å²) >= 11 is 0. The van der Waals surface area contributed by atoms with Gasteiger partial charge in [-0.2, -0.15) is 0 Å². The minimum Gasteiger partial charge on any atom is -0.329 e. The maximum atomic E-state index is 14.6. The second kappa shape index (κ2) is 6.55. The number of carbonyl (C=O) groups is 1. The minimum atomic E-state index is -1.21. The lowest BCUT2D eigenvalue weighted by atomic mass is 9.93. The number of benzene rings is 2. The Morgan fingerprint density at radius 2 is 1.86 bits per heavy atom. The van der Waals surface area contributed by atoms with E-state index >= 15 is 0 Å². The van der Waals surface area contributed by atoms with Gasteiger partial charge in [-0.15, -0.1) is 5.10 Å². The normalized spacial score (nSPS) is 23.4. The van der Waals surface area contributed by atoms with Crippen LogP contribution in [0.25, 0.3) is 0 Å².